The smallest absolute Gasteiger partial charge is 0.186 e. The highest BCUT2D eigenvalue weighted by atomic mass is 16.5. The predicted octanol–water partition coefficient (Wildman–Crippen LogP) is 2.80. The van der Waals surface area contributed by atoms with Crippen molar-refractivity contribution in [3.63, 3.8) is 0 Å². The van der Waals surface area contributed by atoms with Gasteiger partial charge in [0.1, 0.15) is 11.8 Å². The summed E-state index contributed by atoms with van der Waals surface area (Å²) < 4.78 is 6.96. The van der Waals surface area contributed by atoms with Crippen LogP contribution in [-0.2, 0) is 13.0 Å². The maximum atomic E-state index is 9.27. The van der Waals surface area contributed by atoms with Crippen molar-refractivity contribution in [2.45, 2.75) is 13.0 Å². The summed E-state index contributed by atoms with van der Waals surface area (Å²) in [6.45, 7) is 0.598. The number of nitrogens with zero attached hydrogens (tertiary/aromatic N) is 4. The van der Waals surface area contributed by atoms with Crippen LogP contribution in [0.1, 0.15) is 22.5 Å². The molecule has 114 valence electrons. The molecule has 0 atom stereocenters. The lowest BCUT2D eigenvalue weighted by Crippen LogP contribution is -2.07. The van der Waals surface area contributed by atoms with E-state index >= 15 is 0 Å². The molecule has 0 amide bonds. The third-order valence-electron chi connectivity index (χ3n) is 3.65. The van der Waals surface area contributed by atoms with Gasteiger partial charge in [-0.3, -0.25) is 0 Å². The normalized spacial score (nSPS) is 10.3. The number of methoxy groups -OCH3 is 1. The first-order valence-corrected chi connectivity index (χ1v) is 7.29. The molecule has 0 spiro atoms. The third kappa shape index (κ3) is 3.38. The Bertz CT molecular complexity index is 816. The molecule has 0 radical (unpaired) electrons. The number of hydrogen-bond acceptors (Lipinski definition) is 4. The first-order valence-electron chi connectivity index (χ1n) is 7.29. The van der Waals surface area contributed by atoms with Crippen LogP contribution in [0.5, 0.6) is 5.75 Å². The molecule has 0 aliphatic heterocycles. The van der Waals surface area contributed by atoms with Crippen molar-refractivity contribution in [2.75, 3.05) is 7.11 Å². The lowest BCUT2D eigenvalue weighted by molar-refractivity contribution is 0.414. The highest BCUT2D eigenvalue weighted by Crippen LogP contribution is 2.17. The van der Waals surface area contributed by atoms with Crippen LogP contribution in [0.15, 0.2) is 54.6 Å². The fraction of sp³-hybridized carbons (Fsp3) is 0.167. The van der Waals surface area contributed by atoms with Crippen LogP contribution in [-0.4, -0.2) is 22.1 Å². The van der Waals surface area contributed by atoms with Crippen LogP contribution in [0.25, 0.3) is 0 Å². The third-order valence-corrected chi connectivity index (χ3v) is 3.65. The maximum Gasteiger partial charge on any atom is 0.186 e. The van der Waals surface area contributed by atoms with Gasteiger partial charge in [0.25, 0.3) is 0 Å². The van der Waals surface area contributed by atoms with Crippen LogP contribution in [0.2, 0.25) is 0 Å². The highest BCUT2D eigenvalue weighted by molar-refractivity contribution is 5.34. The molecule has 1 heterocycles. The number of nitriles is 1. The van der Waals surface area contributed by atoms with Crippen molar-refractivity contribution in [3.05, 3.63) is 77.1 Å². The summed E-state index contributed by atoms with van der Waals surface area (Å²) in [5, 5.41) is 17.4. The van der Waals surface area contributed by atoms with Gasteiger partial charge in [-0.05, 0) is 23.3 Å². The second-order valence-corrected chi connectivity index (χ2v) is 5.16. The Morgan fingerprint density at radius 2 is 1.78 bits per heavy atom. The summed E-state index contributed by atoms with van der Waals surface area (Å²) in [6.07, 6.45) is 0.604. The Labute approximate surface area is 134 Å². The van der Waals surface area contributed by atoms with Gasteiger partial charge < -0.3 is 4.74 Å². The minimum atomic E-state index is 0.372. The van der Waals surface area contributed by atoms with Crippen molar-refractivity contribution in [3.8, 4) is 11.8 Å². The molecule has 1 aromatic heterocycles. The van der Waals surface area contributed by atoms with E-state index in [1.165, 1.54) is 0 Å². The molecular formula is C18H16N4O. The molecule has 2 aromatic carbocycles. The zero-order valence-electron chi connectivity index (χ0n) is 12.8. The van der Waals surface area contributed by atoms with E-state index in [1.807, 2.05) is 54.6 Å². The molecular weight excluding hydrogens is 288 g/mol. The van der Waals surface area contributed by atoms with E-state index in [9.17, 15) is 5.26 Å². The summed E-state index contributed by atoms with van der Waals surface area (Å²) >= 11 is 0. The number of ether oxygens (including phenoxy) is 1. The Kier molecular flexibility index (Phi) is 4.34. The van der Waals surface area contributed by atoms with Gasteiger partial charge in [0.05, 0.1) is 19.3 Å². The minimum absolute atomic E-state index is 0.372. The molecule has 0 unspecified atom stereocenters. The van der Waals surface area contributed by atoms with Gasteiger partial charge >= 0.3 is 0 Å². The zero-order chi connectivity index (χ0) is 16.1. The van der Waals surface area contributed by atoms with Gasteiger partial charge in [-0.15, -0.1) is 5.10 Å². The second-order valence-electron chi connectivity index (χ2n) is 5.16. The second kappa shape index (κ2) is 6.75. The zero-order valence-corrected chi connectivity index (χ0v) is 12.8. The molecule has 3 rings (SSSR count). The van der Waals surface area contributed by atoms with Crippen molar-refractivity contribution in [1.82, 2.24) is 15.0 Å². The molecule has 0 N–H and O–H groups in total. The van der Waals surface area contributed by atoms with Crippen LogP contribution < -0.4 is 4.74 Å². The Hall–Kier alpha value is -3.13. The summed E-state index contributed by atoms with van der Waals surface area (Å²) in [4.78, 5) is 0. The van der Waals surface area contributed by atoms with E-state index in [1.54, 1.807) is 11.8 Å². The molecule has 0 bridgehead atoms. The SMILES string of the molecule is COc1ccc(Cc2c(C#N)nnn2Cc2ccccc2)cc1. The van der Waals surface area contributed by atoms with E-state index in [-0.39, 0.29) is 0 Å². The minimum Gasteiger partial charge on any atom is -0.497 e. The van der Waals surface area contributed by atoms with Crippen molar-refractivity contribution in [1.29, 1.82) is 5.26 Å². The van der Waals surface area contributed by atoms with Gasteiger partial charge in [0.15, 0.2) is 5.69 Å². The monoisotopic (exact) mass is 304 g/mol. The van der Waals surface area contributed by atoms with Gasteiger partial charge in [-0.1, -0.05) is 47.7 Å². The number of rotatable bonds is 5. The Morgan fingerprint density at radius 1 is 1.04 bits per heavy atom. The molecule has 5 nitrogen and oxygen atoms in total. The van der Waals surface area contributed by atoms with Crippen LogP contribution in [0.3, 0.4) is 0 Å². The molecule has 0 saturated carbocycles. The molecule has 0 saturated heterocycles. The maximum absolute atomic E-state index is 9.27. The first kappa shape index (κ1) is 14.8. The van der Waals surface area contributed by atoms with E-state index in [4.69, 9.17) is 4.74 Å². The highest BCUT2D eigenvalue weighted by Gasteiger charge is 2.13. The Balaban J connectivity index is 1.87. The molecule has 0 fully saturated rings. The van der Waals surface area contributed by atoms with Gasteiger partial charge in [-0.2, -0.15) is 5.26 Å². The van der Waals surface area contributed by atoms with E-state index in [0.29, 0.717) is 18.7 Å². The first-order chi connectivity index (χ1) is 11.3. The van der Waals surface area contributed by atoms with Gasteiger partial charge in [0.2, 0.25) is 0 Å². The molecule has 3 aromatic rings. The van der Waals surface area contributed by atoms with E-state index in [0.717, 1.165) is 22.6 Å². The molecule has 23 heavy (non-hydrogen) atoms. The van der Waals surface area contributed by atoms with Crippen LogP contribution in [0, 0.1) is 11.3 Å². The number of benzene rings is 2. The lowest BCUT2D eigenvalue weighted by atomic mass is 10.1. The summed E-state index contributed by atoms with van der Waals surface area (Å²) in [6, 6.07) is 19.9. The number of aromatic nitrogens is 3. The largest absolute Gasteiger partial charge is 0.497 e. The van der Waals surface area contributed by atoms with Crippen molar-refractivity contribution < 1.29 is 4.74 Å². The van der Waals surface area contributed by atoms with Gasteiger partial charge in [-0.25, -0.2) is 4.68 Å². The summed E-state index contributed by atoms with van der Waals surface area (Å²) in [5.74, 6) is 0.810. The average Bonchev–Trinajstić information content (AvgIpc) is 2.98. The van der Waals surface area contributed by atoms with E-state index < -0.39 is 0 Å². The van der Waals surface area contributed by atoms with Crippen molar-refractivity contribution in [2.24, 2.45) is 0 Å². The predicted molar refractivity (Wildman–Crippen MR) is 86.1 cm³/mol. The summed E-state index contributed by atoms with van der Waals surface area (Å²) in [7, 11) is 1.64. The fourth-order valence-electron chi connectivity index (χ4n) is 2.41. The number of hydrogen-bond donors (Lipinski definition) is 0. The molecule has 5 heteroatoms. The molecule has 0 aliphatic carbocycles. The van der Waals surface area contributed by atoms with Crippen molar-refractivity contribution >= 4 is 0 Å². The quantitative estimate of drug-likeness (QED) is 0.727. The van der Waals surface area contributed by atoms with Crippen LogP contribution in [0.4, 0.5) is 0 Å². The van der Waals surface area contributed by atoms with Crippen LogP contribution >= 0.6 is 0 Å². The van der Waals surface area contributed by atoms with E-state index in [2.05, 4.69) is 16.4 Å². The average molecular weight is 304 g/mol. The topological polar surface area (TPSA) is 63.7 Å². The fourth-order valence-corrected chi connectivity index (χ4v) is 2.41. The Morgan fingerprint density at radius 3 is 2.43 bits per heavy atom. The standard InChI is InChI=1S/C18H16N4O/c1-23-16-9-7-14(8-10-16)11-18-17(12-19)20-21-22(18)13-15-5-3-2-4-6-15/h2-10H,11,13H2,1H3. The molecule has 0 aliphatic rings. The van der Waals surface area contributed by atoms with Gasteiger partial charge in [0, 0.05) is 6.42 Å². The lowest BCUT2D eigenvalue weighted by Gasteiger charge is -2.08. The summed E-state index contributed by atoms with van der Waals surface area (Å²) in [5.41, 5.74) is 3.40.